The molecule has 2 aliphatic rings. The highest BCUT2D eigenvalue weighted by Gasteiger charge is 2.33. The Labute approximate surface area is 92.5 Å². The van der Waals surface area contributed by atoms with Crippen LogP contribution < -0.4 is 5.73 Å². The van der Waals surface area contributed by atoms with Gasteiger partial charge in [0.2, 0.25) is 0 Å². The third-order valence-corrected chi connectivity index (χ3v) is 3.70. The van der Waals surface area contributed by atoms with Crippen LogP contribution in [0.15, 0.2) is 0 Å². The van der Waals surface area contributed by atoms with Gasteiger partial charge in [-0.2, -0.15) is 0 Å². The second-order valence-electron chi connectivity index (χ2n) is 5.04. The molecule has 0 aromatic carbocycles. The average Bonchev–Trinajstić information content (AvgIpc) is 3.03. The summed E-state index contributed by atoms with van der Waals surface area (Å²) in [6.07, 6.45) is 10.4. The second kappa shape index (κ2) is 4.97. The molecule has 2 saturated carbocycles. The summed E-state index contributed by atoms with van der Waals surface area (Å²) in [6.45, 7) is 1.02. The highest BCUT2D eigenvalue weighted by molar-refractivity contribution is 5.76. The molecule has 0 spiro atoms. The van der Waals surface area contributed by atoms with Crippen LogP contribution in [0.4, 0.5) is 0 Å². The lowest BCUT2D eigenvalue weighted by Crippen LogP contribution is -2.40. The summed E-state index contributed by atoms with van der Waals surface area (Å²) in [5.74, 6) is 0.344. The Kier molecular flexibility index (Phi) is 3.62. The third-order valence-electron chi connectivity index (χ3n) is 3.70. The highest BCUT2D eigenvalue weighted by atomic mass is 15.2. The van der Waals surface area contributed by atoms with Gasteiger partial charge in [-0.1, -0.05) is 19.3 Å². The summed E-state index contributed by atoms with van der Waals surface area (Å²) in [4.78, 5) is 2.64. The van der Waals surface area contributed by atoms with Crippen molar-refractivity contribution in [2.75, 3.05) is 6.54 Å². The summed E-state index contributed by atoms with van der Waals surface area (Å²) in [6, 6.07) is 1.62. The maximum Gasteiger partial charge on any atom is 0.0918 e. The predicted molar refractivity (Wildman–Crippen MR) is 63.1 cm³/mol. The molecule has 2 aliphatic carbocycles. The lowest BCUT2D eigenvalue weighted by atomic mass is 9.94. The molecular weight excluding hydrogens is 186 g/mol. The first-order valence-electron chi connectivity index (χ1n) is 6.36. The minimum atomic E-state index is 0.344. The van der Waals surface area contributed by atoms with E-state index in [0.717, 1.165) is 25.0 Å². The first-order valence-corrected chi connectivity index (χ1v) is 6.36. The zero-order valence-corrected chi connectivity index (χ0v) is 9.54. The molecule has 0 bridgehead atoms. The van der Waals surface area contributed by atoms with Crippen molar-refractivity contribution in [2.45, 2.75) is 63.5 Å². The molecule has 86 valence electrons. The SMILES string of the molecule is N=C(N)CCN(C1CCCCC1)C1CC1. The number of amidine groups is 1. The van der Waals surface area contributed by atoms with E-state index < -0.39 is 0 Å². The molecule has 2 rings (SSSR count). The van der Waals surface area contributed by atoms with Crippen molar-refractivity contribution < 1.29 is 0 Å². The van der Waals surface area contributed by atoms with Crippen molar-refractivity contribution in [1.82, 2.24) is 4.90 Å². The highest BCUT2D eigenvalue weighted by Crippen LogP contribution is 2.33. The molecule has 3 heteroatoms. The molecule has 0 aromatic rings. The van der Waals surface area contributed by atoms with Gasteiger partial charge in [0, 0.05) is 25.0 Å². The van der Waals surface area contributed by atoms with Crippen molar-refractivity contribution in [1.29, 1.82) is 5.41 Å². The van der Waals surface area contributed by atoms with E-state index in [1.165, 1.54) is 44.9 Å². The lowest BCUT2D eigenvalue weighted by molar-refractivity contribution is 0.151. The van der Waals surface area contributed by atoms with Crippen LogP contribution in [0, 0.1) is 5.41 Å². The Morgan fingerprint density at radius 3 is 2.20 bits per heavy atom. The molecular formula is C12H23N3. The van der Waals surface area contributed by atoms with Crippen molar-refractivity contribution in [3.63, 3.8) is 0 Å². The van der Waals surface area contributed by atoms with Gasteiger partial charge in [-0.25, -0.2) is 0 Å². The number of nitrogens with two attached hydrogens (primary N) is 1. The summed E-state index contributed by atoms with van der Waals surface area (Å²) >= 11 is 0. The number of hydrogen-bond donors (Lipinski definition) is 2. The Hall–Kier alpha value is -0.570. The average molecular weight is 209 g/mol. The molecule has 0 aromatic heterocycles. The first-order chi connectivity index (χ1) is 7.27. The maximum atomic E-state index is 7.31. The molecule has 0 atom stereocenters. The number of hydrogen-bond acceptors (Lipinski definition) is 2. The van der Waals surface area contributed by atoms with E-state index in [1.807, 2.05) is 0 Å². The van der Waals surface area contributed by atoms with Crippen LogP contribution >= 0.6 is 0 Å². The summed E-state index contributed by atoms with van der Waals surface area (Å²) in [7, 11) is 0. The van der Waals surface area contributed by atoms with Gasteiger partial charge in [-0.05, 0) is 25.7 Å². The third kappa shape index (κ3) is 3.20. The first kappa shape index (κ1) is 10.9. The largest absolute Gasteiger partial charge is 0.388 e. The molecule has 0 amide bonds. The molecule has 0 unspecified atom stereocenters. The van der Waals surface area contributed by atoms with E-state index in [-0.39, 0.29) is 0 Å². The van der Waals surface area contributed by atoms with E-state index >= 15 is 0 Å². The summed E-state index contributed by atoms with van der Waals surface area (Å²) < 4.78 is 0. The monoisotopic (exact) mass is 209 g/mol. The van der Waals surface area contributed by atoms with Crippen LogP contribution in [-0.2, 0) is 0 Å². The van der Waals surface area contributed by atoms with Gasteiger partial charge in [-0.15, -0.1) is 0 Å². The Morgan fingerprint density at radius 2 is 1.67 bits per heavy atom. The van der Waals surface area contributed by atoms with E-state index in [9.17, 15) is 0 Å². The zero-order valence-electron chi connectivity index (χ0n) is 9.54. The van der Waals surface area contributed by atoms with Gasteiger partial charge in [0.15, 0.2) is 0 Å². The topological polar surface area (TPSA) is 53.1 Å². The van der Waals surface area contributed by atoms with Gasteiger partial charge in [0.05, 0.1) is 5.84 Å². The van der Waals surface area contributed by atoms with Crippen LogP contribution in [0.25, 0.3) is 0 Å². The van der Waals surface area contributed by atoms with Gasteiger partial charge in [0.1, 0.15) is 0 Å². The van der Waals surface area contributed by atoms with E-state index in [1.54, 1.807) is 0 Å². The number of rotatable bonds is 5. The summed E-state index contributed by atoms with van der Waals surface area (Å²) in [5, 5.41) is 7.31. The van der Waals surface area contributed by atoms with Crippen LogP contribution in [-0.4, -0.2) is 29.4 Å². The van der Waals surface area contributed by atoms with Gasteiger partial charge >= 0.3 is 0 Å². The fraction of sp³-hybridized carbons (Fsp3) is 0.917. The Balaban J connectivity index is 1.83. The summed E-state index contributed by atoms with van der Waals surface area (Å²) in [5.41, 5.74) is 5.45. The molecule has 0 radical (unpaired) electrons. The van der Waals surface area contributed by atoms with Crippen LogP contribution in [0.2, 0.25) is 0 Å². The molecule has 3 nitrogen and oxygen atoms in total. The van der Waals surface area contributed by atoms with Gasteiger partial charge in [0.25, 0.3) is 0 Å². The van der Waals surface area contributed by atoms with E-state index in [4.69, 9.17) is 11.1 Å². The van der Waals surface area contributed by atoms with E-state index in [0.29, 0.717) is 5.84 Å². The van der Waals surface area contributed by atoms with Crippen molar-refractivity contribution >= 4 is 5.84 Å². The van der Waals surface area contributed by atoms with Crippen molar-refractivity contribution in [3.8, 4) is 0 Å². The van der Waals surface area contributed by atoms with Crippen LogP contribution in [0.5, 0.6) is 0 Å². The molecule has 0 aliphatic heterocycles. The maximum absolute atomic E-state index is 7.31. The minimum Gasteiger partial charge on any atom is -0.388 e. The van der Waals surface area contributed by atoms with Gasteiger partial charge in [-0.3, -0.25) is 10.3 Å². The second-order valence-corrected chi connectivity index (χ2v) is 5.04. The molecule has 2 fully saturated rings. The predicted octanol–water partition coefficient (Wildman–Crippen LogP) is 2.11. The fourth-order valence-electron chi connectivity index (χ4n) is 2.73. The smallest absolute Gasteiger partial charge is 0.0918 e. The van der Waals surface area contributed by atoms with Crippen LogP contribution in [0.1, 0.15) is 51.4 Å². The normalized spacial score (nSPS) is 23.3. The van der Waals surface area contributed by atoms with Gasteiger partial charge < -0.3 is 5.73 Å². The molecule has 0 heterocycles. The Bertz CT molecular complexity index is 217. The van der Waals surface area contributed by atoms with Crippen LogP contribution in [0.3, 0.4) is 0 Å². The number of nitrogens with zero attached hydrogens (tertiary/aromatic N) is 1. The fourth-order valence-corrected chi connectivity index (χ4v) is 2.73. The Morgan fingerprint density at radius 1 is 1.07 bits per heavy atom. The van der Waals surface area contributed by atoms with Crippen molar-refractivity contribution in [2.24, 2.45) is 5.73 Å². The van der Waals surface area contributed by atoms with Crippen molar-refractivity contribution in [3.05, 3.63) is 0 Å². The number of nitrogens with one attached hydrogen (secondary N) is 1. The quantitative estimate of drug-likeness (QED) is 0.538. The molecule has 3 N–H and O–H groups in total. The lowest BCUT2D eigenvalue weighted by Gasteiger charge is -2.34. The molecule has 15 heavy (non-hydrogen) atoms. The van der Waals surface area contributed by atoms with E-state index in [2.05, 4.69) is 4.90 Å². The minimum absolute atomic E-state index is 0.344. The standard InChI is InChI=1S/C12H23N3/c13-12(14)8-9-15(11-6-7-11)10-4-2-1-3-5-10/h10-11H,1-9H2,(H3,13,14). The zero-order chi connectivity index (χ0) is 10.7. The molecule has 0 saturated heterocycles.